The fourth-order valence-corrected chi connectivity index (χ4v) is 2.73. The van der Waals surface area contributed by atoms with E-state index in [1.54, 1.807) is 18.2 Å². The first-order valence-corrected chi connectivity index (χ1v) is 7.27. The summed E-state index contributed by atoms with van der Waals surface area (Å²) < 4.78 is 5.48. The number of thioether (sulfide) groups is 1. The van der Waals surface area contributed by atoms with Gasteiger partial charge in [0.25, 0.3) is 5.22 Å². The summed E-state index contributed by atoms with van der Waals surface area (Å²) in [5.41, 5.74) is 1.26. The Kier molecular flexibility index (Phi) is 3.54. The van der Waals surface area contributed by atoms with Crippen molar-refractivity contribution < 1.29 is 14.0 Å². The number of imide groups is 1. The zero-order chi connectivity index (χ0) is 14.1. The molecule has 6 nitrogen and oxygen atoms in total. The normalized spacial score (nSPS) is 14.8. The minimum absolute atomic E-state index is 0.105. The molecule has 0 saturated carbocycles. The quantitative estimate of drug-likeness (QED) is 0.879. The number of nitrogens with one attached hydrogen (secondary N) is 1. The van der Waals surface area contributed by atoms with E-state index in [0.29, 0.717) is 34.4 Å². The van der Waals surface area contributed by atoms with Gasteiger partial charge in [0, 0.05) is 18.1 Å². The van der Waals surface area contributed by atoms with Crippen molar-refractivity contribution in [2.45, 2.75) is 5.22 Å². The number of halogens is 1. The fraction of sp³-hybridized carbons (Fsp3) is 0.250. The molecular formula is C12H10ClN3O3S. The summed E-state index contributed by atoms with van der Waals surface area (Å²) >= 11 is 7.02. The third-order valence-electron chi connectivity index (χ3n) is 2.81. The molecule has 0 unspecified atom stereocenters. The van der Waals surface area contributed by atoms with Gasteiger partial charge in [-0.15, -0.1) is 0 Å². The molecule has 0 bridgehead atoms. The molecule has 0 spiro atoms. The Morgan fingerprint density at radius 1 is 1.55 bits per heavy atom. The summed E-state index contributed by atoms with van der Waals surface area (Å²) in [6.45, 7) is 0.901. The molecule has 0 atom stereocenters. The number of amides is 3. The number of oxazole rings is 1. The summed E-state index contributed by atoms with van der Waals surface area (Å²) in [6.07, 6.45) is 0. The standard InChI is InChI=1S/C12H10ClN3O3S/c13-7-1-2-9-8(5-7)15-12(19-9)20-6-10(17)16-4-3-14-11(16)18/h1-2,5H,3-4,6H2,(H,14,18). The van der Waals surface area contributed by atoms with Gasteiger partial charge in [-0.05, 0) is 18.2 Å². The molecule has 1 aliphatic rings. The number of hydrogen-bond donors (Lipinski definition) is 1. The van der Waals surface area contributed by atoms with Crippen LogP contribution in [-0.4, -0.2) is 40.7 Å². The second-order valence-electron chi connectivity index (χ2n) is 4.16. The Morgan fingerprint density at radius 3 is 3.15 bits per heavy atom. The topological polar surface area (TPSA) is 75.4 Å². The Labute approximate surface area is 123 Å². The predicted octanol–water partition coefficient (Wildman–Crippen LogP) is 2.13. The molecule has 3 rings (SSSR count). The lowest BCUT2D eigenvalue weighted by atomic mass is 10.3. The third-order valence-corrected chi connectivity index (χ3v) is 3.85. The molecule has 3 amide bonds. The second kappa shape index (κ2) is 5.34. The third kappa shape index (κ3) is 2.59. The summed E-state index contributed by atoms with van der Waals surface area (Å²) in [5, 5.41) is 3.54. The number of carbonyl (C=O) groups is 2. The van der Waals surface area contributed by atoms with Crippen molar-refractivity contribution in [1.29, 1.82) is 0 Å². The van der Waals surface area contributed by atoms with E-state index in [1.807, 2.05) is 0 Å². The van der Waals surface area contributed by atoms with Crippen LogP contribution in [0.2, 0.25) is 5.02 Å². The Hall–Kier alpha value is -1.73. The summed E-state index contributed by atoms with van der Waals surface area (Å²) in [6, 6.07) is 4.79. The van der Waals surface area contributed by atoms with Crippen LogP contribution in [0.5, 0.6) is 0 Å². The minimum atomic E-state index is -0.347. The van der Waals surface area contributed by atoms with Crippen LogP contribution in [0.1, 0.15) is 0 Å². The number of hydrogen-bond acceptors (Lipinski definition) is 5. The van der Waals surface area contributed by atoms with E-state index in [4.69, 9.17) is 16.0 Å². The Morgan fingerprint density at radius 2 is 2.40 bits per heavy atom. The number of nitrogens with zero attached hydrogens (tertiary/aromatic N) is 2. The minimum Gasteiger partial charge on any atom is -0.431 e. The first-order chi connectivity index (χ1) is 9.63. The van der Waals surface area contributed by atoms with Gasteiger partial charge in [0.15, 0.2) is 5.58 Å². The summed E-state index contributed by atoms with van der Waals surface area (Å²) in [7, 11) is 0. The Balaban J connectivity index is 1.67. The van der Waals surface area contributed by atoms with E-state index in [1.165, 1.54) is 4.90 Å². The summed E-state index contributed by atoms with van der Waals surface area (Å²) in [4.78, 5) is 28.6. The number of rotatable bonds is 3. The van der Waals surface area contributed by atoms with Crippen molar-refractivity contribution in [3.8, 4) is 0 Å². The maximum Gasteiger partial charge on any atom is 0.324 e. The average molecular weight is 312 g/mol. The number of urea groups is 1. The Bertz CT molecular complexity index is 688. The van der Waals surface area contributed by atoms with Crippen LogP contribution in [0.15, 0.2) is 27.8 Å². The van der Waals surface area contributed by atoms with Crippen LogP contribution in [0.4, 0.5) is 4.79 Å². The van der Waals surface area contributed by atoms with Crippen LogP contribution in [-0.2, 0) is 4.79 Å². The van der Waals surface area contributed by atoms with Crippen LogP contribution in [0, 0.1) is 0 Å². The maximum absolute atomic E-state index is 11.9. The second-order valence-corrected chi connectivity index (χ2v) is 5.52. The van der Waals surface area contributed by atoms with Crippen LogP contribution in [0.25, 0.3) is 11.1 Å². The van der Waals surface area contributed by atoms with Crippen molar-refractivity contribution in [3.05, 3.63) is 23.2 Å². The average Bonchev–Trinajstić information content (AvgIpc) is 3.01. The van der Waals surface area contributed by atoms with Crippen molar-refractivity contribution in [2.75, 3.05) is 18.8 Å². The maximum atomic E-state index is 11.9. The van der Waals surface area contributed by atoms with Crippen LogP contribution >= 0.6 is 23.4 Å². The van der Waals surface area contributed by atoms with Crippen molar-refractivity contribution >= 4 is 46.4 Å². The molecule has 2 aromatic rings. The molecule has 1 aromatic carbocycles. The molecule has 2 heterocycles. The lowest BCUT2D eigenvalue weighted by Gasteiger charge is -2.10. The van der Waals surface area contributed by atoms with Crippen molar-refractivity contribution in [1.82, 2.24) is 15.2 Å². The van der Waals surface area contributed by atoms with Gasteiger partial charge in [-0.25, -0.2) is 9.78 Å². The monoisotopic (exact) mass is 311 g/mol. The van der Waals surface area contributed by atoms with Gasteiger partial charge < -0.3 is 9.73 Å². The smallest absolute Gasteiger partial charge is 0.324 e. The number of aromatic nitrogens is 1. The van der Waals surface area contributed by atoms with Gasteiger partial charge in [-0.2, -0.15) is 0 Å². The van der Waals surface area contributed by atoms with E-state index in [-0.39, 0.29) is 17.7 Å². The first-order valence-electron chi connectivity index (χ1n) is 5.90. The fourth-order valence-electron chi connectivity index (χ4n) is 1.85. The summed E-state index contributed by atoms with van der Waals surface area (Å²) in [5.74, 6) is -0.154. The molecule has 1 fully saturated rings. The molecule has 104 valence electrons. The van der Waals surface area contributed by atoms with E-state index < -0.39 is 0 Å². The number of benzene rings is 1. The number of fused-ring (bicyclic) bond motifs is 1. The van der Waals surface area contributed by atoms with Gasteiger partial charge in [0.05, 0.1) is 5.75 Å². The van der Waals surface area contributed by atoms with Gasteiger partial charge in [0.1, 0.15) is 5.52 Å². The molecule has 8 heteroatoms. The van der Waals surface area contributed by atoms with Crippen molar-refractivity contribution in [2.24, 2.45) is 0 Å². The van der Waals surface area contributed by atoms with E-state index >= 15 is 0 Å². The molecule has 1 saturated heterocycles. The van der Waals surface area contributed by atoms with E-state index in [9.17, 15) is 9.59 Å². The largest absolute Gasteiger partial charge is 0.431 e. The van der Waals surface area contributed by atoms with E-state index in [2.05, 4.69) is 10.3 Å². The highest BCUT2D eigenvalue weighted by atomic mass is 35.5. The zero-order valence-corrected chi connectivity index (χ0v) is 11.8. The molecule has 20 heavy (non-hydrogen) atoms. The van der Waals surface area contributed by atoms with Gasteiger partial charge in [-0.3, -0.25) is 9.69 Å². The molecule has 1 aromatic heterocycles. The molecule has 0 radical (unpaired) electrons. The highest BCUT2D eigenvalue weighted by Crippen LogP contribution is 2.25. The molecule has 1 aliphatic heterocycles. The zero-order valence-electron chi connectivity index (χ0n) is 10.3. The highest BCUT2D eigenvalue weighted by molar-refractivity contribution is 7.99. The van der Waals surface area contributed by atoms with Gasteiger partial charge >= 0.3 is 6.03 Å². The highest BCUT2D eigenvalue weighted by Gasteiger charge is 2.26. The van der Waals surface area contributed by atoms with Crippen LogP contribution < -0.4 is 5.32 Å². The SMILES string of the molecule is O=C(CSc1nc2cc(Cl)ccc2o1)N1CCNC1=O. The first kappa shape index (κ1) is 13.3. The van der Waals surface area contributed by atoms with Gasteiger partial charge in [-0.1, -0.05) is 23.4 Å². The molecule has 0 aliphatic carbocycles. The van der Waals surface area contributed by atoms with E-state index in [0.717, 1.165) is 11.8 Å². The number of carbonyl (C=O) groups excluding carboxylic acids is 2. The molecular weight excluding hydrogens is 302 g/mol. The molecule has 1 N–H and O–H groups in total. The van der Waals surface area contributed by atoms with Gasteiger partial charge in [0.2, 0.25) is 5.91 Å². The predicted molar refractivity (Wildman–Crippen MR) is 74.9 cm³/mol. The van der Waals surface area contributed by atoms with Crippen LogP contribution in [0.3, 0.4) is 0 Å². The lowest BCUT2D eigenvalue weighted by Crippen LogP contribution is -2.35. The lowest BCUT2D eigenvalue weighted by molar-refractivity contribution is -0.124. The van der Waals surface area contributed by atoms with Crippen molar-refractivity contribution in [3.63, 3.8) is 0 Å².